The lowest BCUT2D eigenvalue weighted by atomic mass is 10.1. The minimum absolute atomic E-state index is 0.0178. The normalized spacial score (nSPS) is 10.3. The zero-order valence-corrected chi connectivity index (χ0v) is 9.85. The van der Waals surface area contributed by atoms with Crippen LogP contribution in [0, 0.1) is 21.7 Å². The molecule has 1 aromatic carbocycles. The highest BCUT2D eigenvalue weighted by Gasteiger charge is 2.18. The number of halogens is 2. The van der Waals surface area contributed by atoms with E-state index in [1.807, 2.05) is 0 Å². The van der Waals surface area contributed by atoms with E-state index in [9.17, 15) is 18.9 Å². The van der Waals surface area contributed by atoms with Crippen LogP contribution in [0.5, 0.6) is 0 Å². The maximum absolute atomic E-state index is 13.2. The quantitative estimate of drug-likeness (QED) is 0.684. The smallest absolute Gasteiger partial charge is 0.295 e. The molecule has 0 radical (unpaired) electrons. The highest BCUT2D eigenvalue weighted by Crippen LogP contribution is 2.30. The van der Waals surface area contributed by atoms with Crippen molar-refractivity contribution in [1.82, 2.24) is 4.98 Å². The zero-order valence-electron chi connectivity index (χ0n) is 9.85. The second-order valence-electron chi connectivity index (χ2n) is 3.70. The number of nitrogens with one attached hydrogen (secondary N) is 1. The molecule has 2 rings (SSSR count). The van der Waals surface area contributed by atoms with Gasteiger partial charge in [0.2, 0.25) is 0 Å². The fraction of sp³-hybridized carbons (Fsp3) is 0.0833. The van der Waals surface area contributed by atoms with Crippen LogP contribution in [0.4, 0.5) is 20.3 Å². The van der Waals surface area contributed by atoms with Crippen molar-refractivity contribution in [1.29, 1.82) is 0 Å². The fourth-order valence-electron chi connectivity index (χ4n) is 1.59. The molecule has 0 aliphatic heterocycles. The van der Waals surface area contributed by atoms with Crippen molar-refractivity contribution >= 4 is 11.5 Å². The number of nitro groups is 1. The molecule has 0 saturated heterocycles. The fourth-order valence-corrected chi connectivity index (χ4v) is 1.59. The van der Waals surface area contributed by atoms with Crippen LogP contribution in [0.25, 0.3) is 11.3 Å². The summed E-state index contributed by atoms with van der Waals surface area (Å²) in [6.45, 7) is 0. The van der Waals surface area contributed by atoms with E-state index in [2.05, 4.69) is 10.3 Å². The van der Waals surface area contributed by atoms with E-state index in [4.69, 9.17) is 0 Å². The maximum Gasteiger partial charge on any atom is 0.295 e. The monoisotopic (exact) mass is 265 g/mol. The minimum atomic E-state index is -1.08. The van der Waals surface area contributed by atoms with Gasteiger partial charge < -0.3 is 5.32 Å². The van der Waals surface area contributed by atoms with Crippen molar-refractivity contribution in [3.05, 3.63) is 52.1 Å². The second-order valence-corrected chi connectivity index (χ2v) is 3.70. The zero-order chi connectivity index (χ0) is 14.0. The summed E-state index contributed by atoms with van der Waals surface area (Å²) in [4.78, 5) is 14.3. The van der Waals surface area contributed by atoms with Crippen LogP contribution < -0.4 is 5.32 Å². The molecule has 0 bridgehead atoms. The number of nitrogens with zero attached hydrogens (tertiary/aromatic N) is 2. The summed E-state index contributed by atoms with van der Waals surface area (Å²) >= 11 is 0. The Morgan fingerprint density at radius 2 is 1.95 bits per heavy atom. The SMILES string of the molecule is CNc1ccc([N+](=O)[O-])c(-c2ccc(F)c(F)c2)n1. The Morgan fingerprint density at radius 1 is 1.21 bits per heavy atom. The highest BCUT2D eigenvalue weighted by atomic mass is 19.2. The van der Waals surface area contributed by atoms with Crippen LogP contribution in [0.15, 0.2) is 30.3 Å². The van der Waals surface area contributed by atoms with Gasteiger partial charge in [-0.15, -0.1) is 0 Å². The summed E-state index contributed by atoms with van der Waals surface area (Å²) in [5.74, 6) is -1.70. The Balaban J connectivity index is 2.64. The van der Waals surface area contributed by atoms with Gasteiger partial charge in [0.1, 0.15) is 5.82 Å². The first-order chi connectivity index (χ1) is 9.02. The average molecular weight is 265 g/mol. The van der Waals surface area contributed by atoms with Gasteiger partial charge in [-0.2, -0.15) is 0 Å². The van der Waals surface area contributed by atoms with Gasteiger partial charge in [-0.05, 0) is 24.3 Å². The van der Waals surface area contributed by atoms with Gasteiger partial charge in [-0.25, -0.2) is 13.8 Å². The molecular weight excluding hydrogens is 256 g/mol. The summed E-state index contributed by atoms with van der Waals surface area (Å²) in [6.07, 6.45) is 0. The van der Waals surface area contributed by atoms with Crippen molar-refractivity contribution in [3.8, 4) is 11.3 Å². The van der Waals surface area contributed by atoms with Gasteiger partial charge in [-0.1, -0.05) is 0 Å². The predicted molar refractivity (Wildman–Crippen MR) is 65.8 cm³/mol. The van der Waals surface area contributed by atoms with Gasteiger partial charge in [0, 0.05) is 18.7 Å². The van der Waals surface area contributed by atoms with E-state index in [-0.39, 0.29) is 16.9 Å². The average Bonchev–Trinajstić information content (AvgIpc) is 2.41. The molecule has 0 unspecified atom stereocenters. The molecule has 0 aliphatic carbocycles. The van der Waals surface area contributed by atoms with Gasteiger partial charge in [0.25, 0.3) is 5.69 Å². The predicted octanol–water partition coefficient (Wildman–Crippen LogP) is 2.98. The second kappa shape index (κ2) is 4.97. The molecule has 7 heteroatoms. The van der Waals surface area contributed by atoms with Crippen molar-refractivity contribution in [2.45, 2.75) is 0 Å². The van der Waals surface area contributed by atoms with Crippen molar-refractivity contribution in [3.63, 3.8) is 0 Å². The van der Waals surface area contributed by atoms with Crippen LogP contribution in [-0.2, 0) is 0 Å². The van der Waals surface area contributed by atoms with E-state index in [0.717, 1.165) is 12.1 Å². The summed E-state index contributed by atoms with van der Waals surface area (Å²) in [5, 5.41) is 13.7. The first-order valence-electron chi connectivity index (χ1n) is 5.31. The minimum Gasteiger partial charge on any atom is -0.373 e. The first kappa shape index (κ1) is 12.9. The van der Waals surface area contributed by atoms with Crippen molar-refractivity contribution in [2.75, 3.05) is 12.4 Å². The Kier molecular flexibility index (Phi) is 3.37. The Hall–Kier alpha value is -2.57. The lowest BCUT2D eigenvalue weighted by molar-refractivity contribution is -0.384. The standard InChI is InChI=1S/C12H9F2N3O2/c1-15-11-5-4-10(17(18)19)12(16-11)7-2-3-8(13)9(14)6-7/h2-6H,1H3,(H,15,16). The van der Waals surface area contributed by atoms with Crippen molar-refractivity contribution in [2.24, 2.45) is 0 Å². The molecule has 0 fully saturated rings. The summed E-state index contributed by atoms with van der Waals surface area (Å²) < 4.78 is 26.1. The van der Waals surface area contributed by atoms with Crippen LogP contribution in [-0.4, -0.2) is 17.0 Å². The number of hydrogen-bond donors (Lipinski definition) is 1. The number of anilines is 1. The van der Waals surface area contributed by atoms with Crippen LogP contribution in [0.1, 0.15) is 0 Å². The molecule has 1 aromatic heterocycles. The molecule has 5 nitrogen and oxygen atoms in total. The van der Waals surface area contributed by atoms with Gasteiger partial charge in [-0.3, -0.25) is 10.1 Å². The lowest BCUT2D eigenvalue weighted by Gasteiger charge is -2.06. The molecule has 19 heavy (non-hydrogen) atoms. The van der Waals surface area contributed by atoms with E-state index in [1.54, 1.807) is 7.05 Å². The molecule has 0 atom stereocenters. The largest absolute Gasteiger partial charge is 0.373 e. The molecule has 1 N–H and O–H groups in total. The van der Waals surface area contributed by atoms with Crippen LogP contribution in [0.3, 0.4) is 0 Å². The first-order valence-corrected chi connectivity index (χ1v) is 5.31. The topological polar surface area (TPSA) is 68.1 Å². The van der Waals surface area contributed by atoms with E-state index < -0.39 is 16.6 Å². The van der Waals surface area contributed by atoms with Gasteiger partial charge >= 0.3 is 0 Å². The number of aromatic nitrogens is 1. The number of rotatable bonds is 3. The lowest BCUT2D eigenvalue weighted by Crippen LogP contribution is -1.99. The maximum atomic E-state index is 13.2. The Bertz CT molecular complexity index is 647. The molecule has 0 saturated carbocycles. The number of benzene rings is 1. The van der Waals surface area contributed by atoms with Crippen molar-refractivity contribution < 1.29 is 13.7 Å². The summed E-state index contributed by atoms with van der Waals surface area (Å²) in [6, 6.07) is 5.72. The number of pyridine rings is 1. The Morgan fingerprint density at radius 3 is 2.53 bits per heavy atom. The molecule has 0 aliphatic rings. The van der Waals surface area contributed by atoms with Gasteiger partial charge in [0.05, 0.1) is 4.92 Å². The summed E-state index contributed by atoms with van der Waals surface area (Å²) in [7, 11) is 1.60. The third-order valence-corrected chi connectivity index (χ3v) is 2.52. The summed E-state index contributed by atoms with van der Waals surface area (Å²) in [5.41, 5.74) is -0.150. The third-order valence-electron chi connectivity index (χ3n) is 2.52. The third kappa shape index (κ3) is 2.49. The van der Waals surface area contributed by atoms with E-state index >= 15 is 0 Å². The van der Waals surface area contributed by atoms with Crippen LogP contribution in [0.2, 0.25) is 0 Å². The molecule has 0 amide bonds. The van der Waals surface area contributed by atoms with Gasteiger partial charge in [0.15, 0.2) is 17.3 Å². The molecular formula is C12H9F2N3O2. The van der Waals surface area contributed by atoms with E-state index in [1.165, 1.54) is 18.2 Å². The van der Waals surface area contributed by atoms with Crippen LogP contribution >= 0.6 is 0 Å². The highest BCUT2D eigenvalue weighted by molar-refractivity contribution is 5.71. The molecule has 2 aromatic rings. The Labute approximate surface area is 107 Å². The van der Waals surface area contributed by atoms with E-state index in [0.29, 0.717) is 5.82 Å². The molecule has 1 heterocycles. The molecule has 0 spiro atoms. The number of hydrogen-bond acceptors (Lipinski definition) is 4. The molecule has 98 valence electrons.